The maximum atomic E-state index is 9.83. The Hall–Kier alpha value is -0.720. The van der Waals surface area contributed by atoms with E-state index in [1.807, 2.05) is 14.0 Å². The molecule has 2 N–H and O–H groups in total. The van der Waals surface area contributed by atoms with Gasteiger partial charge >= 0.3 is 0 Å². The Kier molecular flexibility index (Phi) is 2.90. The van der Waals surface area contributed by atoms with Crippen LogP contribution in [0.4, 0.5) is 5.00 Å². The van der Waals surface area contributed by atoms with Gasteiger partial charge in [-0.2, -0.15) is 0 Å². The summed E-state index contributed by atoms with van der Waals surface area (Å²) >= 11 is 1.37. The van der Waals surface area contributed by atoms with E-state index in [1.54, 1.807) is 0 Å². The number of aliphatic hydroxyl groups is 1. The van der Waals surface area contributed by atoms with E-state index in [0.717, 1.165) is 30.2 Å². The summed E-state index contributed by atoms with van der Waals surface area (Å²) in [6.07, 6.45) is 0.833. The van der Waals surface area contributed by atoms with Crippen molar-refractivity contribution in [1.29, 1.82) is 0 Å². The summed E-state index contributed by atoms with van der Waals surface area (Å²) in [7, 11) is 1.87. The van der Waals surface area contributed by atoms with Gasteiger partial charge < -0.3 is 10.4 Å². The molecule has 84 valence electrons. The molecule has 1 atom stereocenters. The van der Waals surface area contributed by atoms with Crippen molar-refractivity contribution in [2.24, 2.45) is 0 Å². The third-order valence-electron chi connectivity index (χ3n) is 2.69. The molecule has 0 spiro atoms. The van der Waals surface area contributed by atoms with Crippen LogP contribution in [-0.4, -0.2) is 45.3 Å². The molecule has 1 saturated heterocycles. The molecular formula is C9H16N4OS. The molecule has 1 aromatic rings. The van der Waals surface area contributed by atoms with Crippen LogP contribution in [0.1, 0.15) is 19.0 Å². The molecule has 0 saturated carbocycles. The molecule has 0 radical (unpaired) electrons. The summed E-state index contributed by atoms with van der Waals surface area (Å²) in [5.74, 6) is 0. The molecule has 1 aromatic heterocycles. The van der Waals surface area contributed by atoms with Crippen LogP contribution >= 0.6 is 11.5 Å². The topological polar surface area (TPSA) is 61.3 Å². The normalized spacial score (nSPS) is 27.1. The number of β-amino-alcohol motifs (C(OH)–C–C–N with tert-alkyl or cyclic N) is 1. The summed E-state index contributed by atoms with van der Waals surface area (Å²) in [4.78, 5) is 2.21. The molecule has 0 amide bonds. The van der Waals surface area contributed by atoms with Gasteiger partial charge in [-0.3, -0.25) is 4.90 Å². The van der Waals surface area contributed by atoms with Crippen LogP contribution in [0.2, 0.25) is 0 Å². The highest BCUT2D eigenvalue weighted by molar-refractivity contribution is 7.10. The molecule has 0 bridgehead atoms. The van der Waals surface area contributed by atoms with E-state index in [4.69, 9.17) is 0 Å². The standard InChI is InChI=1S/C9H16N4OS/c1-9(14)3-4-13(6-9)5-7-8(10-2)15-12-11-7/h10,14H,3-6H2,1-2H3. The Balaban J connectivity index is 1.98. The van der Waals surface area contributed by atoms with E-state index in [2.05, 4.69) is 19.8 Å². The molecule has 15 heavy (non-hydrogen) atoms. The third-order valence-corrected chi connectivity index (χ3v) is 3.47. The van der Waals surface area contributed by atoms with Crippen LogP contribution in [-0.2, 0) is 6.54 Å². The minimum absolute atomic E-state index is 0.538. The number of anilines is 1. The number of hydrogen-bond donors (Lipinski definition) is 2. The van der Waals surface area contributed by atoms with Crippen molar-refractivity contribution in [1.82, 2.24) is 14.5 Å². The summed E-state index contributed by atoms with van der Waals surface area (Å²) in [6.45, 7) is 4.29. The van der Waals surface area contributed by atoms with Gasteiger partial charge in [0.1, 0.15) is 10.7 Å². The van der Waals surface area contributed by atoms with E-state index in [0.29, 0.717) is 6.54 Å². The van der Waals surface area contributed by atoms with Crippen molar-refractivity contribution in [3.8, 4) is 0 Å². The number of likely N-dealkylation sites (tertiary alicyclic amines) is 1. The predicted molar refractivity (Wildman–Crippen MR) is 60.0 cm³/mol. The maximum absolute atomic E-state index is 9.83. The molecule has 1 aliphatic heterocycles. The van der Waals surface area contributed by atoms with Crippen molar-refractivity contribution < 1.29 is 5.11 Å². The van der Waals surface area contributed by atoms with Crippen molar-refractivity contribution >= 4 is 16.5 Å². The van der Waals surface area contributed by atoms with Crippen LogP contribution in [0.25, 0.3) is 0 Å². The van der Waals surface area contributed by atoms with Gasteiger partial charge in [-0.25, -0.2) is 0 Å². The lowest BCUT2D eigenvalue weighted by Gasteiger charge is -2.17. The van der Waals surface area contributed by atoms with Crippen molar-refractivity contribution in [2.45, 2.75) is 25.5 Å². The Morgan fingerprint density at radius 1 is 1.67 bits per heavy atom. The van der Waals surface area contributed by atoms with Gasteiger partial charge in [0, 0.05) is 38.2 Å². The predicted octanol–water partition coefficient (Wildman–Crippen LogP) is 0.536. The average Bonchev–Trinajstić information content (AvgIpc) is 2.73. The van der Waals surface area contributed by atoms with E-state index in [-0.39, 0.29) is 0 Å². The fraction of sp³-hybridized carbons (Fsp3) is 0.778. The second kappa shape index (κ2) is 4.03. The second-order valence-electron chi connectivity index (χ2n) is 4.26. The van der Waals surface area contributed by atoms with Crippen LogP contribution in [0.5, 0.6) is 0 Å². The van der Waals surface area contributed by atoms with Crippen LogP contribution in [0, 0.1) is 0 Å². The lowest BCUT2D eigenvalue weighted by Crippen LogP contribution is -2.29. The molecule has 1 unspecified atom stereocenters. The van der Waals surface area contributed by atoms with E-state index < -0.39 is 5.60 Å². The third kappa shape index (κ3) is 2.45. The van der Waals surface area contributed by atoms with Crippen LogP contribution < -0.4 is 5.32 Å². The maximum Gasteiger partial charge on any atom is 0.134 e. The highest BCUT2D eigenvalue weighted by atomic mass is 32.1. The molecule has 2 heterocycles. The zero-order chi connectivity index (χ0) is 10.9. The fourth-order valence-corrected chi connectivity index (χ4v) is 2.41. The SMILES string of the molecule is CNc1snnc1CN1CCC(C)(O)C1. The largest absolute Gasteiger partial charge is 0.389 e. The molecule has 1 aliphatic rings. The summed E-state index contributed by atoms with van der Waals surface area (Å²) in [5, 5.41) is 18.0. The van der Waals surface area contributed by atoms with Gasteiger partial charge in [0.25, 0.3) is 0 Å². The van der Waals surface area contributed by atoms with Crippen LogP contribution in [0.3, 0.4) is 0 Å². The Morgan fingerprint density at radius 3 is 3.07 bits per heavy atom. The zero-order valence-corrected chi connectivity index (χ0v) is 9.84. The number of rotatable bonds is 3. The molecule has 0 aliphatic carbocycles. The van der Waals surface area contributed by atoms with Crippen molar-refractivity contribution in [2.75, 3.05) is 25.5 Å². The van der Waals surface area contributed by atoms with Gasteiger partial charge in [-0.15, -0.1) is 5.10 Å². The molecule has 0 aromatic carbocycles. The summed E-state index contributed by atoms with van der Waals surface area (Å²) < 4.78 is 3.91. The lowest BCUT2D eigenvalue weighted by molar-refractivity contribution is 0.0677. The zero-order valence-electron chi connectivity index (χ0n) is 9.03. The number of hydrogen-bond acceptors (Lipinski definition) is 6. The highest BCUT2D eigenvalue weighted by Crippen LogP contribution is 2.24. The lowest BCUT2D eigenvalue weighted by atomic mass is 10.1. The minimum atomic E-state index is -0.538. The monoisotopic (exact) mass is 228 g/mol. The van der Waals surface area contributed by atoms with Gasteiger partial charge in [-0.05, 0) is 13.3 Å². The first kappa shape index (κ1) is 10.8. The Bertz CT molecular complexity index is 339. The molecular weight excluding hydrogens is 212 g/mol. The smallest absolute Gasteiger partial charge is 0.134 e. The van der Waals surface area contributed by atoms with Crippen molar-refractivity contribution in [3.05, 3.63) is 5.69 Å². The first-order chi connectivity index (χ1) is 7.11. The van der Waals surface area contributed by atoms with E-state index in [9.17, 15) is 5.11 Å². The van der Waals surface area contributed by atoms with Gasteiger partial charge in [0.05, 0.1) is 5.60 Å². The number of nitrogens with one attached hydrogen (secondary N) is 1. The van der Waals surface area contributed by atoms with Crippen LogP contribution in [0.15, 0.2) is 0 Å². The minimum Gasteiger partial charge on any atom is -0.389 e. The number of nitrogens with zero attached hydrogens (tertiary/aromatic N) is 3. The van der Waals surface area contributed by atoms with Gasteiger partial charge in [-0.1, -0.05) is 4.49 Å². The van der Waals surface area contributed by atoms with E-state index in [1.165, 1.54) is 11.5 Å². The first-order valence-corrected chi connectivity index (χ1v) is 5.82. The molecule has 5 nitrogen and oxygen atoms in total. The number of aromatic nitrogens is 2. The van der Waals surface area contributed by atoms with Crippen molar-refractivity contribution in [3.63, 3.8) is 0 Å². The second-order valence-corrected chi connectivity index (χ2v) is 5.01. The highest BCUT2D eigenvalue weighted by Gasteiger charge is 2.31. The fourth-order valence-electron chi connectivity index (χ4n) is 1.89. The molecule has 1 fully saturated rings. The van der Waals surface area contributed by atoms with Gasteiger partial charge in [0.15, 0.2) is 0 Å². The summed E-state index contributed by atoms with van der Waals surface area (Å²) in [5.41, 5.74) is 0.434. The van der Waals surface area contributed by atoms with E-state index >= 15 is 0 Å². The first-order valence-electron chi connectivity index (χ1n) is 5.04. The van der Waals surface area contributed by atoms with Gasteiger partial charge in [0.2, 0.25) is 0 Å². The average molecular weight is 228 g/mol. The molecule has 6 heteroatoms. The Labute approximate surface area is 93.3 Å². The quantitative estimate of drug-likeness (QED) is 0.790. The molecule has 2 rings (SSSR count). The summed E-state index contributed by atoms with van der Waals surface area (Å²) in [6, 6.07) is 0. The Morgan fingerprint density at radius 2 is 2.47 bits per heavy atom.